The van der Waals surface area contributed by atoms with Crippen LogP contribution >= 0.6 is 0 Å². The molecule has 1 aliphatic rings. The molecule has 0 aliphatic carbocycles. The molecule has 0 amide bonds. The fourth-order valence-electron chi connectivity index (χ4n) is 2.09. The molecular formula is C13H18N4O3. The Morgan fingerprint density at radius 1 is 1.45 bits per heavy atom. The molecular weight excluding hydrogens is 260 g/mol. The van der Waals surface area contributed by atoms with Crippen LogP contribution in [0.5, 0.6) is 6.01 Å². The number of hydrogen-bond donors (Lipinski definition) is 1. The van der Waals surface area contributed by atoms with Crippen LogP contribution < -0.4 is 4.74 Å². The molecule has 7 nitrogen and oxygen atoms in total. The van der Waals surface area contributed by atoms with E-state index < -0.39 is 5.79 Å². The predicted molar refractivity (Wildman–Crippen MR) is 71.5 cm³/mol. The van der Waals surface area contributed by atoms with E-state index in [-0.39, 0.29) is 6.10 Å². The SMILES string of the molecule is CCc1nc2nc(OCC3COC(C)(C)O3)ncc2[nH]1. The number of aromatic amines is 1. The van der Waals surface area contributed by atoms with E-state index in [2.05, 4.69) is 19.9 Å². The maximum Gasteiger partial charge on any atom is 0.318 e. The van der Waals surface area contributed by atoms with E-state index >= 15 is 0 Å². The highest BCUT2D eigenvalue weighted by Gasteiger charge is 2.33. The van der Waals surface area contributed by atoms with E-state index in [4.69, 9.17) is 14.2 Å². The minimum atomic E-state index is -0.545. The minimum Gasteiger partial charge on any atom is -0.461 e. The van der Waals surface area contributed by atoms with E-state index in [0.717, 1.165) is 17.8 Å². The highest BCUT2D eigenvalue weighted by Crippen LogP contribution is 2.22. The van der Waals surface area contributed by atoms with Crippen LogP contribution in [0.3, 0.4) is 0 Å². The van der Waals surface area contributed by atoms with E-state index in [1.807, 2.05) is 20.8 Å². The smallest absolute Gasteiger partial charge is 0.318 e. The van der Waals surface area contributed by atoms with E-state index in [0.29, 0.717) is 24.9 Å². The number of aryl methyl sites for hydroxylation is 1. The number of fused-ring (bicyclic) bond motifs is 1. The van der Waals surface area contributed by atoms with Crippen LogP contribution in [0.25, 0.3) is 11.2 Å². The van der Waals surface area contributed by atoms with Crippen molar-refractivity contribution in [1.82, 2.24) is 19.9 Å². The Kier molecular flexibility index (Phi) is 3.31. The molecule has 20 heavy (non-hydrogen) atoms. The molecule has 2 aromatic rings. The van der Waals surface area contributed by atoms with E-state index in [1.54, 1.807) is 6.20 Å². The molecule has 1 unspecified atom stereocenters. The van der Waals surface area contributed by atoms with Gasteiger partial charge in [-0.2, -0.15) is 4.98 Å². The van der Waals surface area contributed by atoms with Crippen molar-refractivity contribution in [2.24, 2.45) is 0 Å². The first kappa shape index (κ1) is 13.3. The summed E-state index contributed by atoms with van der Waals surface area (Å²) in [5, 5.41) is 0. The van der Waals surface area contributed by atoms with Gasteiger partial charge in [0.15, 0.2) is 11.4 Å². The van der Waals surface area contributed by atoms with Crippen LogP contribution in [-0.2, 0) is 15.9 Å². The molecule has 0 aromatic carbocycles. The zero-order valence-electron chi connectivity index (χ0n) is 11.8. The Balaban J connectivity index is 1.66. The molecule has 1 N–H and O–H groups in total. The molecule has 0 radical (unpaired) electrons. The minimum absolute atomic E-state index is 0.102. The average Bonchev–Trinajstić information content (AvgIpc) is 2.98. The second-order valence-corrected chi connectivity index (χ2v) is 5.19. The molecule has 3 heterocycles. The van der Waals surface area contributed by atoms with Gasteiger partial charge < -0.3 is 19.2 Å². The largest absolute Gasteiger partial charge is 0.461 e. The molecule has 3 rings (SSSR count). The fraction of sp³-hybridized carbons (Fsp3) is 0.615. The van der Waals surface area contributed by atoms with Crippen molar-refractivity contribution in [2.75, 3.05) is 13.2 Å². The summed E-state index contributed by atoms with van der Waals surface area (Å²) in [6.07, 6.45) is 2.41. The summed E-state index contributed by atoms with van der Waals surface area (Å²) in [4.78, 5) is 15.9. The lowest BCUT2D eigenvalue weighted by atomic mass is 10.4. The van der Waals surface area contributed by atoms with Gasteiger partial charge in [-0.05, 0) is 13.8 Å². The van der Waals surface area contributed by atoms with Crippen LogP contribution in [0.2, 0.25) is 0 Å². The summed E-state index contributed by atoms with van der Waals surface area (Å²) in [5.41, 5.74) is 1.44. The summed E-state index contributed by atoms with van der Waals surface area (Å²) in [6, 6.07) is 0.306. The molecule has 1 saturated heterocycles. The number of imidazole rings is 1. The Hall–Kier alpha value is -1.73. The molecule has 7 heteroatoms. The summed E-state index contributed by atoms with van der Waals surface area (Å²) in [7, 11) is 0. The van der Waals surface area contributed by atoms with Crippen LogP contribution in [0.4, 0.5) is 0 Å². The topological polar surface area (TPSA) is 82.2 Å². The third kappa shape index (κ3) is 2.73. The normalized spacial score (nSPS) is 21.4. The summed E-state index contributed by atoms with van der Waals surface area (Å²) >= 11 is 0. The zero-order valence-corrected chi connectivity index (χ0v) is 11.8. The van der Waals surface area contributed by atoms with Gasteiger partial charge >= 0.3 is 6.01 Å². The number of aromatic nitrogens is 4. The van der Waals surface area contributed by atoms with Crippen molar-refractivity contribution in [3.05, 3.63) is 12.0 Å². The Labute approximate surface area is 116 Å². The van der Waals surface area contributed by atoms with Crippen molar-refractivity contribution in [1.29, 1.82) is 0 Å². The van der Waals surface area contributed by atoms with Crippen LogP contribution in [0, 0.1) is 0 Å². The predicted octanol–water partition coefficient (Wildman–Crippen LogP) is 1.45. The maximum absolute atomic E-state index is 5.65. The number of nitrogens with zero attached hydrogens (tertiary/aromatic N) is 3. The Bertz CT molecular complexity index is 611. The van der Waals surface area contributed by atoms with Gasteiger partial charge in [0.1, 0.15) is 24.1 Å². The van der Waals surface area contributed by atoms with Crippen molar-refractivity contribution < 1.29 is 14.2 Å². The van der Waals surface area contributed by atoms with Gasteiger partial charge in [-0.15, -0.1) is 0 Å². The maximum atomic E-state index is 5.65. The molecule has 1 atom stereocenters. The summed E-state index contributed by atoms with van der Waals surface area (Å²) in [5.74, 6) is 0.345. The number of rotatable bonds is 4. The van der Waals surface area contributed by atoms with Gasteiger partial charge in [-0.1, -0.05) is 6.92 Å². The second-order valence-electron chi connectivity index (χ2n) is 5.19. The lowest BCUT2D eigenvalue weighted by Gasteiger charge is -2.16. The monoisotopic (exact) mass is 278 g/mol. The lowest BCUT2D eigenvalue weighted by Crippen LogP contribution is -2.25. The lowest BCUT2D eigenvalue weighted by molar-refractivity contribution is -0.141. The molecule has 2 aromatic heterocycles. The van der Waals surface area contributed by atoms with Crippen LogP contribution in [0.1, 0.15) is 26.6 Å². The van der Waals surface area contributed by atoms with Crippen molar-refractivity contribution in [2.45, 2.75) is 39.1 Å². The molecule has 1 fully saturated rings. The van der Waals surface area contributed by atoms with E-state index in [1.165, 1.54) is 0 Å². The standard InChI is InChI=1S/C13H18N4O3/c1-4-10-15-9-5-14-12(17-11(9)16-10)18-6-8-7-19-13(2,3)20-8/h5,8H,4,6-7H2,1-3H3,(H,14,15,16,17). The molecule has 0 bridgehead atoms. The van der Waals surface area contributed by atoms with Crippen LogP contribution in [-0.4, -0.2) is 45.0 Å². The first-order valence-electron chi connectivity index (χ1n) is 6.72. The van der Waals surface area contributed by atoms with Gasteiger partial charge in [-0.3, -0.25) is 0 Å². The zero-order chi connectivity index (χ0) is 14.2. The van der Waals surface area contributed by atoms with Gasteiger partial charge in [0.05, 0.1) is 12.8 Å². The molecule has 1 aliphatic heterocycles. The summed E-state index contributed by atoms with van der Waals surface area (Å²) < 4.78 is 16.7. The van der Waals surface area contributed by atoms with Gasteiger partial charge in [0.25, 0.3) is 0 Å². The third-order valence-corrected chi connectivity index (χ3v) is 3.07. The number of ether oxygens (including phenoxy) is 3. The fourth-order valence-corrected chi connectivity index (χ4v) is 2.09. The molecule has 0 spiro atoms. The van der Waals surface area contributed by atoms with E-state index in [9.17, 15) is 0 Å². The highest BCUT2D eigenvalue weighted by molar-refractivity contribution is 5.69. The third-order valence-electron chi connectivity index (χ3n) is 3.07. The van der Waals surface area contributed by atoms with Crippen molar-refractivity contribution >= 4 is 11.2 Å². The number of H-pyrrole nitrogens is 1. The molecule has 108 valence electrons. The van der Waals surface area contributed by atoms with Gasteiger partial charge in [-0.25, -0.2) is 9.97 Å². The first-order valence-corrected chi connectivity index (χ1v) is 6.72. The van der Waals surface area contributed by atoms with Crippen molar-refractivity contribution in [3.63, 3.8) is 0 Å². The Morgan fingerprint density at radius 3 is 3.00 bits per heavy atom. The second kappa shape index (κ2) is 4.99. The van der Waals surface area contributed by atoms with Crippen LogP contribution in [0.15, 0.2) is 6.20 Å². The first-order chi connectivity index (χ1) is 9.55. The van der Waals surface area contributed by atoms with Gasteiger partial charge in [0, 0.05) is 6.42 Å². The number of nitrogens with one attached hydrogen (secondary N) is 1. The summed E-state index contributed by atoms with van der Waals surface area (Å²) in [6.45, 7) is 6.66. The van der Waals surface area contributed by atoms with Gasteiger partial charge in [0.2, 0.25) is 0 Å². The average molecular weight is 278 g/mol. The Morgan fingerprint density at radius 2 is 2.30 bits per heavy atom. The van der Waals surface area contributed by atoms with Crippen molar-refractivity contribution in [3.8, 4) is 6.01 Å². The quantitative estimate of drug-likeness (QED) is 0.911. The number of hydrogen-bond acceptors (Lipinski definition) is 6. The molecule has 0 saturated carbocycles. The highest BCUT2D eigenvalue weighted by atomic mass is 16.7.